The van der Waals surface area contributed by atoms with Gasteiger partial charge in [-0.3, -0.25) is 9.59 Å². The van der Waals surface area contributed by atoms with Gasteiger partial charge in [0.1, 0.15) is 18.6 Å². The van der Waals surface area contributed by atoms with Gasteiger partial charge in [-0.15, -0.1) is 11.8 Å². The summed E-state index contributed by atoms with van der Waals surface area (Å²) in [6.07, 6.45) is 1.54. The first-order chi connectivity index (χ1) is 16.7. The van der Waals surface area contributed by atoms with E-state index < -0.39 is 0 Å². The lowest BCUT2D eigenvalue weighted by Gasteiger charge is -2.24. The fraction of sp³-hybridized carbons (Fsp3) is 0.192. The molecule has 0 bridgehead atoms. The summed E-state index contributed by atoms with van der Waals surface area (Å²) in [6, 6.07) is 22.8. The normalized spacial score (nSPS) is 17.2. The number of rotatable bonds is 6. The molecular weight excluding hydrogens is 450 g/mol. The lowest BCUT2D eigenvalue weighted by Crippen LogP contribution is -2.27. The fourth-order valence-electron chi connectivity index (χ4n) is 3.90. The Morgan fingerprint density at radius 3 is 2.65 bits per heavy atom. The van der Waals surface area contributed by atoms with Crippen LogP contribution in [0.5, 0.6) is 11.5 Å². The summed E-state index contributed by atoms with van der Waals surface area (Å²) >= 11 is 1.60. The Hall–Kier alpha value is -3.78. The van der Waals surface area contributed by atoms with Crippen molar-refractivity contribution in [1.29, 1.82) is 0 Å². The summed E-state index contributed by atoms with van der Waals surface area (Å²) in [6.45, 7) is 1.55. The molecule has 2 amide bonds. The molecule has 172 valence electrons. The number of hydrogen-bond acceptors (Lipinski definition) is 6. The van der Waals surface area contributed by atoms with E-state index in [2.05, 4.69) is 10.5 Å². The van der Waals surface area contributed by atoms with Crippen LogP contribution in [0.2, 0.25) is 0 Å². The number of fused-ring (bicyclic) bond motifs is 1. The van der Waals surface area contributed by atoms with E-state index in [-0.39, 0.29) is 17.2 Å². The molecule has 0 spiro atoms. The van der Waals surface area contributed by atoms with Gasteiger partial charge in [-0.05, 0) is 35.4 Å². The minimum absolute atomic E-state index is 0.0747. The first-order valence-electron chi connectivity index (χ1n) is 11.0. The molecule has 0 unspecified atom stereocenters. The summed E-state index contributed by atoms with van der Waals surface area (Å²) in [5.41, 5.74) is 5.85. The number of benzene rings is 3. The Balaban J connectivity index is 1.24. The first-order valence-corrected chi connectivity index (χ1v) is 12.0. The summed E-state index contributed by atoms with van der Waals surface area (Å²) in [4.78, 5) is 26.9. The highest BCUT2D eigenvalue weighted by Crippen LogP contribution is 2.39. The van der Waals surface area contributed by atoms with Crippen molar-refractivity contribution >= 4 is 29.8 Å². The summed E-state index contributed by atoms with van der Waals surface area (Å²) in [5, 5.41) is 4.00. The molecule has 1 atom stereocenters. The minimum Gasteiger partial charge on any atom is -0.486 e. The van der Waals surface area contributed by atoms with Gasteiger partial charge in [0, 0.05) is 17.7 Å². The van der Waals surface area contributed by atoms with Crippen molar-refractivity contribution in [2.75, 3.05) is 19.0 Å². The Morgan fingerprint density at radius 1 is 1.03 bits per heavy atom. The van der Waals surface area contributed by atoms with E-state index in [9.17, 15) is 9.59 Å². The maximum absolute atomic E-state index is 12.6. The smallest absolute Gasteiger partial charge is 0.271 e. The number of carbonyl (C=O) groups is 2. The van der Waals surface area contributed by atoms with Crippen LogP contribution in [0.25, 0.3) is 0 Å². The van der Waals surface area contributed by atoms with Gasteiger partial charge in [-0.25, -0.2) is 5.43 Å². The summed E-state index contributed by atoms with van der Waals surface area (Å²) < 4.78 is 11.2. The second-order valence-corrected chi connectivity index (χ2v) is 8.93. The Labute approximate surface area is 201 Å². The van der Waals surface area contributed by atoms with E-state index in [1.54, 1.807) is 30.1 Å². The molecule has 3 aromatic carbocycles. The van der Waals surface area contributed by atoms with Crippen LogP contribution < -0.4 is 14.9 Å². The molecule has 2 heterocycles. The average Bonchev–Trinajstić information content (AvgIpc) is 3.24. The van der Waals surface area contributed by atoms with E-state index in [0.29, 0.717) is 42.6 Å². The minimum atomic E-state index is -0.318. The predicted molar refractivity (Wildman–Crippen MR) is 131 cm³/mol. The van der Waals surface area contributed by atoms with E-state index in [0.717, 1.165) is 16.7 Å². The second kappa shape index (κ2) is 10.0. The predicted octanol–water partition coefficient (Wildman–Crippen LogP) is 4.00. The lowest BCUT2D eigenvalue weighted by atomic mass is 10.1. The third-order valence-corrected chi connectivity index (χ3v) is 6.84. The van der Waals surface area contributed by atoms with Gasteiger partial charge >= 0.3 is 0 Å². The van der Waals surface area contributed by atoms with Crippen molar-refractivity contribution < 1.29 is 19.1 Å². The summed E-state index contributed by atoms with van der Waals surface area (Å²) in [7, 11) is 0. The number of para-hydroxylation sites is 1. The van der Waals surface area contributed by atoms with Gasteiger partial charge in [0.15, 0.2) is 11.5 Å². The monoisotopic (exact) mass is 473 g/mol. The molecule has 0 aromatic heterocycles. The Kier molecular flexibility index (Phi) is 6.49. The molecule has 1 saturated heterocycles. The lowest BCUT2D eigenvalue weighted by molar-refractivity contribution is -0.128. The second-order valence-electron chi connectivity index (χ2n) is 7.86. The van der Waals surface area contributed by atoms with Crippen LogP contribution in [0.3, 0.4) is 0 Å². The van der Waals surface area contributed by atoms with Crippen LogP contribution in [0.15, 0.2) is 77.9 Å². The molecule has 5 rings (SSSR count). The summed E-state index contributed by atoms with van der Waals surface area (Å²) in [5.74, 6) is 1.54. The highest BCUT2D eigenvalue weighted by atomic mass is 32.2. The number of carbonyl (C=O) groups excluding carboxylic acids is 2. The SMILES string of the molecule is O=C(N/N=C\c1cccc2c1OCCO2)c1ccc([C@H]2SCC(=O)N2Cc2ccccc2)cc1. The van der Waals surface area contributed by atoms with E-state index >= 15 is 0 Å². The largest absolute Gasteiger partial charge is 0.486 e. The molecular formula is C26H23N3O4S. The number of ether oxygens (including phenoxy) is 2. The van der Waals surface area contributed by atoms with Crippen molar-refractivity contribution in [2.24, 2.45) is 5.10 Å². The molecule has 0 aliphatic carbocycles. The van der Waals surface area contributed by atoms with E-state index in [1.165, 1.54) is 0 Å². The highest BCUT2D eigenvalue weighted by molar-refractivity contribution is 8.00. The maximum atomic E-state index is 12.6. The molecule has 2 aliphatic rings. The number of hydrogen-bond donors (Lipinski definition) is 1. The molecule has 1 N–H and O–H groups in total. The first kappa shape index (κ1) is 22.0. The van der Waals surface area contributed by atoms with Crippen LogP contribution >= 0.6 is 11.8 Å². The zero-order valence-electron chi connectivity index (χ0n) is 18.3. The molecule has 34 heavy (non-hydrogen) atoms. The Bertz CT molecular complexity index is 1210. The zero-order chi connectivity index (χ0) is 23.3. The third-order valence-electron chi connectivity index (χ3n) is 5.59. The molecule has 0 radical (unpaired) electrons. The van der Waals surface area contributed by atoms with Gasteiger partial charge in [-0.2, -0.15) is 5.10 Å². The zero-order valence-corrected chi connectivity index (χ0v) is 19.2. The van der Waals surface area contributed by atoms with Crippen molar-refractivity contribution in [2.45, 2.75) is 11.9 Å². The van der Waals surface area contributed by atoms with Crippen LogP contribution in [-0.4, -0.2) is 41.9 Å². The molecule has 8 heteroatoms. The van der Waals surface area contributed by atoms with Crippen molar-refractivity contribution in [3.05, 3.63) is 95.1 Å². The van der Waals surface area contributed by atoms with E-state index in [1.807, 2.05) is 65.6 Å². The van der Waals surface area contributed by atoms with Gasteiger partial charge < -0.3 is 14.4 Å². The number of nitrogens with one attached hydrogen (secondary N) is 1. The van der Waals surface area contributed by atoms with E-state index in [4.69, 9.17) is 9.47 Å². The third kappa shape index (κ3) is 4.77. The highest BCUT2D eigenvalue weighted by Gasteiger charge is 2.32. The van der Waals surface area contributed by atoms with Gasteiger partial charge in [0.2, 0.25) is 5.91 Å². The van der Waals surface area contributed by atoms with Crippen LogP contribution in [-0.2, 0) is 11.3 Å². The number of amides is 2. The maximum Gasteiger partial charge on any atom is 0.271 e. The number of hydrazone groups is 1. The van der Waals surface area contributed by atoms with Crippen LogP contribution in [0.4, 0.5) is 0 Å². The van der Waals surface area contributed by atoms with Crippen LogP contribution in [0.1, 0.15) is 32.4 Å². The molecule has 7 nitrogen and oxygen atoms in total. The van der Waals surface area contributed by atoms with Crippen molar-refractivity contribution in [3.8, 4) is 11.5 Å². The fourth-order valence-corrected chi connectivity index (χ4v) is 5.09. The van der Waals surface area contributed by atoms with Gasteiger partial charge in [-0.1, -0.05) is 48.5 Å². The number of thioether (sulfide) groups is 1. The molecule has 1 fully saturated rings. The quantitative estimate of drug-likeness (QED) is 0.433. The molecule has 2 aliphatic heterocycles. The van der Waals surface area contributed by atoms with Crippen molar-refractivity contribution in [1.82, 2.24) is 10.3 Å². The average molecular weight is 474 g/mol. The Morgan fingerprint density at radius 2 is 1.82 bits per heavy atom. The standard InChI is InChI=1S/C26H23N3O4S/c30-23-17-34-26(29(23)16-18-5-2-1-3-6-18)20-11-9-19(10-12-20)25(31)28-27-15-21-7-4-8-22-24(21)33-14-13-32-22/h1-12,15,26H,13-14,16-17H2,(H,28,31)/b27-15-/t26-/m1/s1. The molecule has 0 saturated carbocycles. The van der Waals surface area contributed by atoms with Crippen LogP contribution in [0, 0.1) is 0 Å². The van der Waals surface area contributed by atoms with Gasteiger partial charge in [0.25, 0.3) is 5.91 Å². The van der Waals surface area contributed by atoms with Gasteiger partial charge in [0.05, 0.1) is 12.0 Å². The number of nitrogens with zero attached hydrogens (tertiary/aromatic N) is 2. The molecule has 3 aromatic rings. The topological polar surface area (TPSA) is 80.2 Å². The van der Waals surface area contributed by atoms with Crippen molar-refractivity contribution in [3.63, 3.8) is 0 Å².